The maximum absolute atomic E-state index is 13.0. The number of piperidine rings is 1. The van der Waals surface area contributed by atoms with Gasteiger partial charge in [-0.15, -0.1) is 0 Å². The van der Waals surface area contributed by atoms with E-state index in [2.05, 4.69) is 15.9 Å². The molecule has 2 aliphatic heterocycles. The van der Waals surface area contributed by atoms with Crippen LogP contribution >= 0.6 is 15.9 Å². The van der Waals surface area contributed by atoms with E-state index in [0.717, 1.165) is 21.9 Å². The van der Waals surface area contributed by atoms with E-state index in [-0.39, 0.29) is 12.5 Å². The molecule has 0 saturated carbocycles. The van der Waals surface area contributed by atoms with Gasteiger partial charge in [0.05, 0.1) is 11.8 Å². The van der Waals surface area contributed by atoms with Crippen LogP contribution in [0.1, 0.15) is 24.0 Å². The maximum Gasteiger partial charge on any atom is 0.411 e. The third kappa shape index (κ3) is 3.44. The molecule has 1 fully saturated rings. The van der Waals surface area contributed by atoms with Crippen LogP contribution in [0.2, 0.25) is 0 Å². The zero-order valence-electron chi connectivity index (χ0n) is 15.2. The molecule has 0 bridgehead atoms. The molecule has 28 heavy (non-hydrogen) atoms. The smallest absolute Gasteiger partial charge is 0.411 e. The number of ether oxygens (including phenoxy) is 2. The number of carbonyl (C=O) groups excluding carboxylic acids is 2. The molecule has 0 aromatic heterocycles. The molecule has 0 N–H and O–H groups in total. The van der Waals surface area contributed by atoms with Crippen molar-refractivity contribution in [1.29, 1.82) is 0 Å². The Morgan fingerprint density at radius 1 is 1.29 bits per heavy atom. The van der Waals surface area contributed by atoms with E-state index in [1.54, 1.807) is 11.2 Å². The third-order valence-electron chi connectivity index (χ3n) is 5.35. The van der Waals surface area contributed by atoms with Crippen molar-refractivity contribution >= 4 is 28.3 Å². The van der Waals surface area contributed by atoms with E-state index in [4.69, 9.17) is 9.47 Å². The van der Waals surface area contributed by atoms with Gasteiger partial charge in [0.15, 0.2) is 0 Å². The van der Waals surface area contributed by atoms with Crippen LogP contribution < -0.4 is 4.74 Å². The van der Waals surface area contributed by atoms with Crippen LogP contribution in [0.4, 0.5) is 4.79 Å². The third-order valence-corrected chi connectivity index (χ3v) is 5.84. The van der Waals surface area contributed by atoms with Crippen molar-refractivity contribution in [2.75, 3.05) is 6.54 Å². The molecule has 1 unspecified atom stereocenters. The minimum atomic E-state index is -0.758. The number of rotatable bonds is 3. The van der Waals surface area contributed by atoms with Gasteiger partial charge in [0.1, 0.15) is 18.6 Å². The van der Waals surface area contributed by atoms with Crippen molar-refractivity contribution in [3.05, 3.63) is 76.5 Å². The van der Waals surface area contributed by atoms with Crippen LogP contribution in [0.25, 0.3) is 0 Å². The van der Waals surface area contributed by atoms with Gasteiger partial charge in [-0.05, 0) is 36.6 Å². The number of likely N-dealkylation sites (tertiary alicyclic amines) is 1. The molecule has 2 heterocycles. The Morgan fingerprint density at radius 3 is 2.89 bits per heavy atom. The SMILES string of the molecule is O=CC1CCN(C(=O)OCc2ccccc2)[C@@]2(C=COc3cc(Br)ccc32)C1. The van der Waals surface area contributed by atoms with E-state index < -0.39 is 11.6 Å². The predicted octanol–water partition coefficient (Wildman–Crippen LogP) is 4.80. The summed E-state index contributed by atoms with van der Waals surface area (Å²) >= 11 is 3.46. The van der Waals surface area contributed by atoms with Crippen LogP contribution in [-0.2, 0) is 21.7 Å². The van der Waals surface area contributed by atoms with Crippen molar-refractivity contribution in [2.45, 2.75) is 25.0 Å². The molecular weight excluding hydrogens is 422 g/mol. The summed E-state index contributed by atoms with van der Waals surface area (Å²) in [6.07, 6.45) is 5.17. The molecular formula is C22H20BrNO4. The lowest BCUT2D eigenvalue weighted by Crippen LogP contribution is -2.54. The van der Waals surface area contributed by atoms with Gasteiger partial charge in [0.25, 0.3) is 0 Å². The van der Waals surface area contributed by atoms with Crippen LogP contribution in [0, 0.1) is 5.92 Å². The Bertz CT molecular complexity index is 914. The fraction of sp³-hybridized carbons (Fsp3) is 0.273. The summed E-state index contributed by atoms with van der Waals surface area (Å²) in [7, 11) is 0. The minimum Gasteiger partial charge on any atom is -0.465 e. The molecule has 0 radical (unpaired) electrons. The summed E-state index contributed by atoms with van der Waals surface area (Å²) in [4.78, 5) is 26.3. The molecule has 2 aromatic carbocycles. The quantitative estimate of drug-likeness (QED) is 0.641. The number of amides is 1. The van der Waals surface area contributed by atoms with Gasteiger partial charge < -0.3 is 14.3 Å². The Balaban J connectivity index is 1.66. The fourth-order valence-electron chi connectivity index (χ4n) is 3.95. The molecule has 144 valence electrons. The Hall–Kier alpha value is -2.60. The van der Waals surface area contributed by atoms with Gasteiger partial charge in [-0.1, -0.05) is 52.3 Å². The zero-order valence-corrected chi connectivity index (χ0v) is 16.8. The van der Waals surface area contributed by atoms with E-state index >= 15 is 0 Å². The first-order chi connectivity index (χ1) is 13.6. The fourth-order valence-corrected chi connectivity index (χ4v) is 4.29. The lowest BCUT2D eigenvalue weighted by atomic mass is 9.75. The summed E-state index contributed by atoms with van der Waals surface area (Å²) in [5.41, 5.74) is 1.03. The molecule has 4 rings (SSSR count). The van der Waals surface area contributed by atoms with Crippen LogP contribution in [0.5, 0.6) is 5.75 Å². The normalized spacial score (nSPS) is 23.0. The summed E-state index contributed by atoms with van der Waals surface area (Å²) < 4.78 is 12.2. The number of aldehydes is 1. The van der Waals surface area contributed by atoms with Gasteiger partial charge in [-0.2, -0.15) is 0 Å². The van der Waals surface area contributed by atoms with Gasteiger partial charge >= 0.3 is 6.09 Å². The van der Waals surface area contributed by atoms with E-state index in [9.17, 15) is 9.59 Å². The number of benzene rings is 2. The topological polar surface area (TPSA) is 55.8 Å². The summed E-state index contributed by atoms with van der Waals surface area (Å²) in [6, 6.07) is 15.3. The molecule has 1 saturated heterocycles. The van der Waals surface area contributed by atoms with E-state index in [0.29, 0.717) is 25.1 Å². The number of hydrogen-bond donors (Lipinski definition) is 0. The zero-order chi connectivity index (χ0) is 19.6. The van der Waals surface area contributed by atoms with Gasteiger partial charge in [-0.25, -0.2) is 4.79 Å². The number of halogens is 1. The number of carbonyl (C=O) groups is 2. The molecule has 1 spiro atoms. The highest BCUT2D eigenvalue weighted by molar-refractivity contribution is 9.10. The summed E-state index contributed by atoms with van der Waals surface area (Å²) in [5.74, 6) is 0.543. The molecule has 2 aliphatic rings. The van der Waals surface area contributed by atoms with Crippen molar-refractivity contribution < 1.29 is 19.1 Å². The molecule has 1 amide bonds. The number of nitrogens with zero attached hydrogens (tertiary/aromatic N) is 1. The minimum absolute atomic E-state index is 0.127. The number of hydrogen-bond acceptors (Lipinski definition) is 4. The van der Waals surface area contributed by atoms with Crippen molar-refractivity contribution in [1.82, 2.24) is 4.90 Å². The second-order valence-corrected chi connectivity index (χ2v) is 7.98. The Morgan fingerprint density at radius 2 is 2.11 bits per heavy atom. The van der Waals surface area contributed by atoms with E-state index in [1.165, 1.54) is 0 Å². The van der Waals surface area contributed by atoms with Crippen molar-refractivity contribution in [3.8, 4) is 5.75 Å². The molecule has 2 aromatic rings. The lowest BCUT2D eigenvalue weighted by molar-refractivity contribution is -0.114. The van der Waals surface area contributed by atoms with Gasteiger partial charge in [-0.3, -0.25) is 4.90 Å². The van der Waals surface area contributed by atoms with Crippen molar-refractivity contribution in [2.24, 2.45) is 5.92 Å². The Kier molecular flexibility index (Phi) is 5.22. The first-order valence-electron chi connectivity index (χ1n) is 9.20. The molecule has 6 heteroatoms. The van der Waals surface area contributed by atoms with Crippen LogP contribution in [0.15, 0.2) is 65.3 Å². The largest absolute Gasteiger partial charge is 0.465 e. The predicted molar refractivity (Wildman–Crippen MR) is 108 cm³/mol. The second kappa shape index (κ2) is 7.80. The van der Waals surface area contributed by atoms with Crippen LogP contribution in [-0.4, -0.2) is 23.8 Å². The highest BCUT2D eigenvalue weighted by Gasteiger charge is 2.48. The Labute approximate surface area is 172 Å². The van der Waals surface area contributed by atoms with Crippen molar-refractivity contribution in [3.63, 3.8) is 0 Å². The number of fused-ring (bicyclic) bond motifs is 2. The van der Waals surface area contributed by atoms with Gasteiger partial charge in [0, 0.05) is 22.5 Å². The summed E-state index contributed by atoms with van der Waals surface area (Å²) in [6.45, 7) is 0.646. The molecule has 5 nitrogen and oxygen atoms in total. The van der Waals surface area contributed by atoms with Gasteiger partial charge in [0.2, 0.25) is 0 Å². The second-order valence-electron chi connectivity index (χ2n) is 7.07. The first kappa shape index (κ1) is 18.7. The monoisotopic (exact) mass is 441 g/mol. The van der Waals surface area contributed by atoms with E-state index in [1.807, 2.05) is 54.6 Å². The standard InChI is InChI=1S/C22H20BrNO4/c23-18-6-7-19-20(12-18)27-11-9-22(19)13-17(14-25)8-10-24(22)21(26)28-15-16-4-2-1-3-5-16/h1-7,9,11-12,14,17H,8,10,13,15H2/t17?,22-/m0/s1. The summed E-state index contributed by atoms with van der Waals surface area (Å²) in [5, 5.41) is 0. The molecule has 0 aliphatic carbocycles. The maximum atomic E-state index is 13.0. The molecule has 2 atom stereocenters. The average molecular weight is 442 g/mol. The first-order valence-corrected chi connectivity index (χ1v) is 10.00. The average Bonchev–Trinajstić information content (AvgIpc) is 2.72. The lowest BCUT2D eigenvalue weighted by Gasteiger charge is -2.48. The highest BCUT2D eigenvalue weighted by atomic mass is 79.9. The highest BCUT2D eigenvalue weighted by Crippen LogP contribution is 2.47. The van der Waals surface area contributed by atoms with Crippen LogP contribution in [0.3, 0.4) is 0 Å².